The van der Waals surface area contributed by atoms with E-state index in [1.54, 1.807) is 0 Å². The van der Waals surface area contributed by atoms with E-state index in [-0.39, 0.29) is 11.9 Å². The van der Waals surface area contributed by atoms with Crippen LogP contribution in [0.15, 0.2) is 78.9 Å². The van der Waals surface area contributed by atoms with Crippen LogP contribution >= 0.6 is 11.6 Å². The first-order valence-electron chi connectivity index (χ1n) is 8.63. The van der Waals surface area contributed by atoms with Crippen LogP contribution in [-0.2, 0) is 17.9 Å². The summed E-state index contributed by atoms with van der Waals surface area (Å²) in [5, 5.41) is 3.76. The Kier molecular flexibility index (Phi) is 4.74. The highest BCUT2D eigenvalue weighted by molar-refractivity contribution is 6.30. The molecule has 1 unspecified atom stereocenters. The lowest BCUT2D eigenvalue weighted by Gasteiger charge is -2.29. The number of para-hydroxylation sites is 1. The summed E-state index contributed by atoms with van der Waals surface area (Å²) in [4.78, 5) is 15.3. The van der Waals surface area contributed by atoms with Crippen LogP contribution in [0.3, 0.4) is 0 Å². The van der Waals surface area contributed by atoms with Crippen LogP contribution in [0, 0.1) is 0 Å². The number of hydrogen-bond acceptors (Lipinski definition) is 2. The molecule has 0 fully saturated rings. The molecule has 3 aromatic rings. The lowest BCUT2D eigenvalue weighted by Crippen LogP contribution is -2.34. The minimum Gasteiger partial charge on any atom is -0.324 e. The molecule has 0 bridgehead atoms. The summed E-state index contributed by atoms with van der Waals surface area (Å²) in [6.07, 6.45) is 0. The normalized spacial score (nSPS) is 17.3. The van der Waals surface area contributed by atoms with Crippen LogP contribution in [0.25, 0.3) is 0 Å². The molecule has 26 heavy (non-hydrogen) atoms. The van der Waals surface area contributed by atoms with Crippen LogP contribution < -0.4 is 5.32 Å². The Balaban J connectivity index is 1.75. The van der Waals surface area contributed by atoms with E-state index in [1.165, 1.54) is 5.56 Å². The number of fused-ring (bicyclic) bond motifs is 1. The number of benzene rings is 3. The maximum Gasteiger partial charge on any atom is 0.246 e. The molecule has 4 heteroatoms. The molecule has 4 rings (SSSR count). The Hall–Kier alpha value is -2.62. The number of hydrogen-bond donors (Lipinski definition) is 1. The van der Waals surface area contributed by atoms with Gasteiger partial charge in [0.25, 0.3) is 0 Å². The Morgan fingerprint density at radius 3 is 2.38 bits per heavy atom. The molecule has 1 atom stereocenters. The Morgan fingerprint density at radius 1 is 0.923 bits per heavy atom. The second-order valence-electron chi connectivity index (χ2n) is 6.49. The van der Waals surface area contributed by atoms with Gasteiger partial charge >= 0.3 is 0 Å². The second kappa shape index (κ2) is 7.32. The Labute approximate surface area is 158 Å². The molecule has 0 aromatic heterocycles. The summed E-state index contributed by atoms with van der Waals surface area (Å²) >= 11 is 6.04. The number of carbonyl (C=O) groups excluding carboxylic acids is 1. The van der Waals surface area contributed by atoms with Crippen molar-refractivity contribution in [3.8, 4) is 0 Å². The fourth-order valence-corrected chi connectivity index (χ4v) is 3.56. The van der Waals surface area contributed by atoms with E-state index in [0.717, 1.165) is 16.8 Å². The molecule has 0 saturated heterocycles. The van der Waals surface area contributed by atoms with Crippen LogP contribution in [0.4, 0.5) is 5.69 Å². The van der Waals surface area contributed by atoms with Gasteiger partial charge in [-0.2, -0.15) is 0 Å². The van der Waals surface area contributed by atoms with Crippen molar-refractivity contribution in [2.24, 2.45) is 0 Å². The zero-order chi connectivity index (χ0) is 17.9. The molecule has 0 spiro atoms. The fraction of sp³-hybridized carbons (Fsp3) is 0.136. The van der Waals surface area contributed by atoms with Crippen molar-refractivity contribution in [2.45, 2.75) is 19.1 Å². The molecule has 1 aliphatic rings. The zero-order valence-electron chi connectivity index (χ0n) is 14.2. The summed E-state index contributed by atoms with van der Waals surface area (Å²) in [7, 11) is 0. The predicted molar refractivity (Wildman–Crippen MR) is 105 cm³/mol. The molecule has 130 valence electrons. The van der Waals surface area contributed by atoms with Gasteiger partial charge < -0.3 is 5.32 Å². The van der Waals surface area contributed by atoms with Gasteiger partial charge in [0.15, 0.2) is 0 Å². The van der Waals surface area contributed by atoms with Crippen molar-refractivity contribution in [1.29, 1.82) is 0 Å². The lowest BCUT2D eigenvalue weighted by atomic mass is 10.0. The molecule has 1 N–H and O–H groups in total. The van der Waals surface area contributed by atoms with Crippen LogP contribution in [0.2, 0.25) is 5.02 Å². The van der Waals surface area contributed by atoms with E-state index in [1.807, 2.05) is 60.7 Å². The molecule has 3 nitrogen and oxygen atoms in total. The van der Waals surface area contributed by atoms with Crippen LogP contribution in [0.1, 0.15) is 22.7 Å². The largest absolute Gasteiger partial charge is 0.324 e. The Bertz CT molecular complexity index is 909. The molecule has 0 radical (unpaired) electrons. The monoisotopic (exact) mass is 362 g/mol. The van der Waals surface area contributed by atoms with E-state index >= 15 is 0 Å². The first-order valence-corrected chi connectivity index (χ1v) is 9.01. The van der Waals surface area contributed by atoms with Crippen molar-refractivity contribution in [3.63, 3.8) is 0 Å². The third kappa shape index (κ3) is 3.50. The van der Waals surface area contributed by atoms with E-state index < -0.39 is 0 Å². The first kappa shape index (κ1) is 16.8. The molecule has 1 aliphatic heterocycles. The topological polar surface area (TPSA) is 32.3 Å². The average molecular weight is 363 g/mol. The van der Waals surface area contributed by atoms with Crippen molar-refractivity contribution in [1.82, 2.24) is 4.90 Å². The van der Waals surface area contributed by atoms with Gasteiger partial charge in [0, 0.05) is 23.8 Å². The maximum absolute atomic E-state index is 13.1. The molecule has 1 amide bonds. The first-order chi connectivity index (χ1) is 12.7. The van der Waals surface area contributed by atoms with Gasteiger partial charge in [-0.25, -0.2) is 0 Å². The van der Waals surface area contributed by atoms with Crippen molar-refractivity contribution >= 4 is 23.2 Å². The molecular formula is C22H19ClN2O. The van der Waals surface area contributed by atoms with Gasteiger partial charge in [-0.1, -0.05) is 72.3 Å². The smallest absolute Gasteiger partial charge is 0.246 e. The number of nitrogens with one attached hydrogen (secondary N) is 1. The standard InChI is InChI=1S/C22H19ClN2O/c23-19-12-10-17(11-13-19)21-22(26)24-20-9-5-4-8-18(20)15-25(21)14-16-6-2-1-3-7-16/h1-13,21H,14-15H2,(H,24,26). The summed E-state index contributed by atoms with van der Waals surface area (Å²) < 4.78 is 0. The average Bonchev–Trinajstić information content (AvgIpc) is 2.79. The second-order valence-corrected chi connectivity index (χ2v) is 6.93. The quantitative estimate of drug-likeness (QED) is 0.708. The van der Waals surface area contributed by atoms with Gasteiger partial charge in [0.05, 0.1) is 0 Å². The molecule has 1 heterocycles. The summed E-state index contributed by atoms with van der Waals surface area (Å²) in [6.45, 7) is 1.38. The summed E-state index contributed by atoms with van der Waals surface area (Å²) in [6, 6.07) is 25.4. The van der Waals surface area contributed by atoms with E-state index in [2.05, 4.69) is 28.4 Å². The third-order valence-corrected chi connectivity index (χ3v) is 4.93. The van der Waals surface area contributed by atoms with Crippen LogP contribution in [0.5, 0.6) is 0 Å². The number of rotatable bonds is 3. The number of anilines is 1. The van der Waals surface area contributed by atoms with Crippen molar-refractivity contribution in [3.05, 3.63) is 101 Å². The zero-order valence-corrected chi connectivity index (χ0v) is 15.0. The van der Waals surface area contributed by atoms with Crippen LogP contribution in [-0.4, -0.2) is 10.8 Å². The van der Waals surface area contributed by atoms with Gasteiger partial charge in [-0.05, 0) is 34.9 Å². The van der Waals surface area contributed by atoms with Gasteiger partial charge in [0.1, 0.15) is 6.04 Å². The van der Waals surface area contributed by atoms with Gasteiger partial charge in [-0.3, -0.25) is 9.69 Å². The SMILES string of the molecule is O=C1Nc2ccccc2CN(Cc2ccccc2)C1c1ccc(Cl)cc1. The van der Waals surface area contributed by atoms with E-state index in [9.17, 15) is 4.79 Å². The fourth-order valence-electron chi connectivity index (χ4n) is 3.43. The molecular weight excluding hydrogens is 344 g/mol. The summed E-state index contributed by atoms with van der Waals surface area (Å²) in [5.41, 5.74) is 4.12. The number of amides is 1. The Morgan fingerprint density at radius 2 is 1.62 bits per heavy atom. The highest BCUT2D eigenvalue weighted by atomic mass is 35.5. The van der Waals surface area contributed by atoms with Crippen molar-refractivity contribution in [2.75, 3.05) is 5.32 Å². The molecule has 0 aliphatic carbocycles. The highest BCUT2D eigenvalue weighted by Crippen LogP contribution is 2.32. The minimum atomic E-state index is -0.375. The number of halogens is 1. The maximum atomic E-state index is 13.1. The minimum absolute atomic E-state index is 0.0202. The van der Waals surface area contributed by atoms with Gasteiger partial charge in [-0.15, -0.1) is 0 Å². The van der Waals surface area contributed by atoms with Crippen molar-refractivity contribution < 1.29 is 4.79 Å². The molecule has 0 saturated carbocycles. The summed E-state index contributed by atoms with van der Waals surface area (Å²) in [5.74, 6) is -0.0202. The number of carbonyl (C=O) groups is 1. The van der Waals surface area contributed by atoms with Gasteiger partial charge in [0.2, 0.25) is 5.91 Å². The highest BCUT2D eigenvalue weighted by Gasteiger charge is 2.31. The van der Waals surface area contributed by atoms with E-state index in [4.69, 9.17) is 11.6 Å². The molecule has 3 aromatic carbocycles. The predicted octanol–water partition coefficient (Wildman–Crippen LogP) is 5.04. The number of nitrogens with zero attached hydrogens (tertiary/aromatic N) is 1. The lowest BCUT2D eigenvalue weighted by molar-refractivity contribution is -0.121. The van der Waals surface area contributed by atoms with E-state index in [0.29, 0.717) is 18.1 Å². The third-order valence-electron chi connectivity index (χ3n) is 4.68.